The van der Waals surface area contributed by atoms with E-state index in [0.29, 0.717) is 18.5 Å². The van der Waals surface area contributed by atoms with Crippen LogP contribution in [0.15, 0.2) is 30.6 Å². The fourth-order valence-electron chi connectivity index (χ4n) is 3.40. The van der Waals surface area contributed by atoms with E-state index in [-0.39, 0.29) is 17.9 Å². The molecule has 132 valence electrons. The number of aryl methyl sites for hydroxylation is 2. The normalized spacial score (nSPS) is 20.6. The number of carbonyl (C=O) groups is 2. The van der Waals surface area contributed by atoms with Crippen molar-refractivity contribution in [2.45, 2.75) is 25.8 Å². The van der Waals surface area contributed by atoms with Crippen LogP contribution in [0.3, 0.4) is 0 Å². The van der Waals surface area contributed by atoms with E-state index in [1.54, 1.807) is 42.9 Å². The van der Waals surface area contributed by atoms with Gasteiger partial charge in [0, 0.05) is 38.0 Å². The van der Waals surface area contributed by atoms with Crippen LogP contribution >= 0.6 is 0 Å². The highest BCUT2D eigenvalue weighted by molar-refractivity contribution is 5.94. The second-order valence-electron chi connectivity index (χ2n) is 6.55. The molecule has 1 saturated heterocycles. The molecule has 0 saturated carbocycles. The van der Waals surface area contributed by atoms with E-state index in [1.807, 2.05) is 6.20 Å². The van der Waals surface area contributed by atoms with Crippen LogP contribution in [0.25, 0.3) is 0 Å². The summed E-state index contributed by atoms with van der Waals surface area (Å²) in [5.74, 6) is -1.04. The molecule has 2 atom stereocenters. The molecule has 0 unspecified atom stereocenters. The number of nitrogens with one attached hydrogen (secondary N) is 1. The summed E-state index contributed by atoms with van der Waals surface area (Å²) in [6.07, 6.45) is 4.25. The fourth-order valence-corrected chi connectivity index (χ4v) is 3.40. The van der Waals surface area contributed by atoms with Gasteiger partial charge in [-0.15, -0.1) is 0 Å². The summed E-state index contributed by atoms with van der Waals surface area (Å²) >= 11 is 0. The highest BCUT2D eigenvalue weighted by Crippen LogP contribution is 2.36. The minimum atomic E-state index is -0.421. The largest absolute Gasteiger partial charge is 0.338 e. The zero-order valence-electron chi connectivity index (χ0n) is 14.5. The summed E-state index contributed by atoms with van der Waals surface area (Å²) < 4.78 is 15.2. The summed E-state index contributed by atoms with van der Waals surface area (Å²) in [4.78, 5) is 26.6. The lowest BCUT2D eigenvalue weighted by Crippen LogP contribution is -2.44. The number of rotatable bonds is 3. The molecule has 0 bridgehead atoms. The Balaban J connectivity index is 1.87. The molecule has 2 amide bonds. The highest BCUT2D eigenvalue weighted by atomic mass is 19.1. The lowest BCUT2D eigenvalue weighted by Gasteiger charge is -2.37. The van der Waals surface area contributed by atoms with Crippen LogP contribution in [0, 0.1) is 18.7 Å². The van der Waals surface area contributed by atoms with Gasteiger partial charge in [0.05, 0.1) is 18.2 Å². The molecule has 0 aliphatic carbocycles. The first-order valence-corrected chi connectivity index (χ1v) is 8.17. The lowest BCUT2D eigenvalue weighted by atomic mass is 9.85. The van der Waals surface area contributed by atoms with Gasteiger partial charge in [-0.25, -0.2) is 4.39 Å². The van der Waals surface area contributed by atoms with Gasteiger partial charge in [-0.1, -0.05) is 0 Å². The molecule has 6 nitrogen and oxygen atoms in total. The summed E-state index contributed by atoms with van der Waals surface area (Å²) in [5, 5.41) is 6.94. The molecule has 25 heavy (non-hydrogen) atoms. The first kappa shape index (κ1) is 17.1. The van der Waals surface area contributed by atoms with Gasteiger partial charge in [0.1, 0.15) is 5.82 Å². The average Bonchev–Trinajstić information content (AvgIpc) is 2.94. The third-order valence-corrected chi connectivity index (χ3v) is 4.57. The van der Waals surface area contributed by atoms with Gasteiger partial charge in [-0.3, -0.25) is 14.3 Å². The highest BCUT2D eigenvalue weighted by Gasteiger charge is 2.39. The van der Waals surface area contributed by atoms with Gasteiger partial charge in [0.2, 0.25) is 11.8 Å². The molecule has 1 aliphatic heterocycles. The van der Waals surface area contributed by atoms with Crippen LogP contribution in [-0.2, 0) is 16.6 Å². The smallest absolute Gasteiger partial charge is 0.229 e. The number of halogens is 1. The Bertz CT molecular complexity index is 797. The van der Waals surface area contributed by atoms with E-state index in [0.717, 1.165) is 11.1 Å². The van der Waals surface area contributed by atoms with E-state index in [9.17, 15) is 14.0 Å². The third-order valence-electron chi connectivity index (χ3n) is 4.57. The number of aromatic nitrogens is 2. The van der Waals surface area contributed by atoms with Crippen molar-refractivity contribution in [1.82, 2.24) is 14.7 Å². The number of nitrogens with zero attached hydrogens (tertiary/aromatic N) is 3. The lowest BCUT2D eigenvalue weighted by molar-refractivity contribution is -0.140. The summed E-state index contributed by atoms with van der Waals surface area (Å²) in [7, 11) is 3.49. The Morgan fingerprint density at radius 3 is 2.72 bits per heavy atom. The van der Waals surface area contributed by atoms with Gasteiger partial charge in [0.25, 0.3) is 0 Å². The average molecular weight is 344 g/mol. The maximum atomic E-state index is 13.6. The maximum Gasteiger partial charge on any atom is 0.229 e. The molecule has 1 aliphatic rings. The summed E-state index contributed by atoms with van der Waals surface area (Å²) in [6.45, 7) is 1.77. The van der Waals surface area contributed by atoms with Crippen molar-refractivity contribution in [3.05, 3.63) is 47.5 Å². The van der Waals surface area contributed by atoms with E-state index >= 15 is 0 Å². The van der Waals surface area contributed by atoms with Crippen molar-refractivity contribution < 1.29 is 14.0 Å². The maximum absolute atomic E-state index is 13.6. The minimum Gasteiger partial charge on any atom is -0.338 e. The zero-order chi connectivity index (χ0) is 18.1. The van der Waals surface area contributed by atoms with Crippen LogP contribution in [0.5, 0.6) is 0 Å². The SMILES string of the molecule is Cc1cc(F)cc(NC(=O)[C@H]2CCC(=O)N(C)[C@H]2c2cnn(C)c2)c1. The van der Waals surface area contributed by atoms with Crippen LogP contribution < -0.4 is 5.32 Å². The fraction of sp³-hybridized carbons (Fsp3) is 0.389. The molecule has 3 rings (SSSR count). The second kappa shape index (κ2) is 6.66. The number of piperidine rings is 1. The zero-order valence-corrected chi connectivity index (χ0v) is 14.5. The molecular formula is C18H21FN4O2. The van der Waals surface area contributed by atoms with E-state index in [1.165, 1.54) is 12.1 Å². The first-order valence-electron chi connectivity index (χ1n) is 8.17. The van der Waals surface area contributed by atoms with Crippen molar-refractivity contribution >= 4 is 17.5 Å². The second-order valence-corrected chi connectivity index (χ2v) is 6.55. The van der Waals surface area contributed by atoms with Gasteiger partial charge in [-0.05, 0) is 37.1 Å². The predicted molar refractivity (Wildman–Crippen MR) is 91.2 cm³/mol. The van der Waals surface area contributed by atoms with Crippen molar-refractivity contribution in [2.75, 3.05) is 12.4 Å². The predicted octanol–water partition coefficient (Wildman–Crippen LogP) is 2.42. The first-order chi connectivity index (χ1) is 11.8. The van der Waals surface area contributed by atoms with Crippen LogP contribution in [-0.4, -0.2) is 33.5 Å². The molecule has 1 fully saturated rings. The molecule has 1 N–H and O–H groups in total. The topological polar surface area (TPSA) is 67.2 Å². The van der Waals surface area contributed by atoms with Crippen LogP contribution in [0.1, 0.15) is 30.0 Å². The van der Waals surface area contributed by atoms with Crippen molar-refractivity contribution in [2.24, 2.45) is 13.0 Å². The molecule has 1 aromatic carbocycles. The number of amides is 2. The standard InChI is InChI=1S/C18H21FN4O2/c1-11-6-13(19)8-14(7-11)21-18(25)15-4-5-16(24)23(3)17(15)12-9-20-22(2)10-12/h6-10,15,17H,4-5H2,1-3H3,(H,21,25)/t15-,17-/m0/s1. The Hall–Kier alpha value is -2.70. The monoisotopic (exact) mass is 344 g/mol. The molecule has 7 heteroatoms. The third kappa shape index (κ3) is 3.55. The molecule has 0 radical (unpaired) electrons. The van der Waals surface area contributed by atoms with Crippen molar-refractivity contribution in [1.29, 1.82) is 0 Å². The summed E-state index contributed by atoms with van der Waals surface area (Å²) in [5.41, 5.74) is 1.97. The number of hydrogen-bond donors (Lipinski definition) is 1. The Morgan fingerprint density at radius 1 is 1.32 bits per heavy atom. The molecule has 0 spiro atoms. The number of benzene rings is 1. The number of likely N-dealkylation sites (tertiary alicyclic amines) is 1. The van der Waals surface area contributed by atoms with Crippen molar-refractivity contribution in [3.63, 3.8) is 0 Å². The Kier molecular flexibility index (Phi) is 4.57. The van der Waals surface area contributed by atoms with Gasteiger partial charge in [0.15, 0.2) is 0 Å². The van der Waals surface area contributed by atoms with E-state index in [4.69, 9.17) is 0 Å². The number of hydrogen-bond acceptors (Lipinski definition) is 3. The number of anilines is 1. The van der Waals surface area contributed by atoms with Crippen LogP contribution in [0.2, 0.25) is 0 Å². The molecule has 1 aromatic heterocycles. The Labute approximate surface area is 145 Å². The van der Waals surface area contributed by atoms with Gasteiger partial charge in [-0.2, -0.15) is 5.10 Å². The quantitative estimate of drug-likeness (QED) is 0.930. The van der Waals surface area contributed by atoms with E-state index < -0.39 is 11.7 Å². The van der Waals surface area contributed by atoms with Gasteiger partial charge < -0.3 is 10.2 Å². The van der Waals surface area contributed by atoms with Crippen LogP contribution in [0.4, 0.5) is 10.1 Å². The summed E-state index contributed by atoms with van der Waals surface area (Å²) in [6, 6.07) is 4.03. The Morgan fingerprint density at radius 2 is 2.08 bits per heavy atom. The number of carbonyl (C=O) groups excluding carboxylic acids is 2. The molecule has 2 heterocycles. The van der Waals surface area contributed by atoms with E-state index in [2.05, 4.69) is 10.4 Å². The van der Waals surface area contributed by atoms with Crippen molar-refractivity contribution in [3.8, 4) is 0 Å². The molecule has 2 aromatic rings. The molecular weight excluding hydrogens is 323 g/mol. The van der Waals surface area contributed by atoms with Gasteiger partial charge >= 0.3 is 0 Å². The minimum absolute atomic E-state index is 0.000460.